The SMILES string of the molecule is CS(=O)c1ncccc1C(=O)OC(C)(C)C. The van der Waals surface area contributed by atoms with E-state index in [0.717, 1.165) is 0 Å². The first kappa shape index (κ1) is 12.8. The van der Waals surface area contributed by atoms with Gasteiger partial charge in [-0.25, -0.2) is 9.78 Å². The number of carbonyl (C=O) groups excluding carboxylic acids is 1. The van der Waals surface area contributed by atoms with E-state index >= 15 is 0 Å². The quantitative estimate of drug-likeness (QED) is 0.740. The van der Waals surface area contributed by atoms with Crippen molar-refractivity contribution in [3.63, 3.8) is 0 Å². The lowest BCUT2D eigenvalue weighted by Crippen LogP contribution is -2.24. The van der Waals surface area contributed by atoms with Gasteiger partial charge in [0.1, 0.15) is 10.6 Å². The summed E-state index contributed by atoms with van der Waals surface area (Å²) in [4.78, 5) is 15.7. The van der Waals surface area contributed by atoms with E-state index < -0.39 is 22.4 Å². The molecule has 88 valence electrons. The Kier molecular flexibility index (Phi) is 3.80. The highest BCUT2D eigenvalue weighted by Crippen LogP contribution is 2.15. The van der Waals surface area contributed by atoms with Gasteiger partial charge in [0.15, 0.2) is 0 Å². The molecule has 0 radical (unpaired) electrons. The first-order valence-electron chi connectivity index (χ1n) is 4.83. The van der Waals surface area contributed by atoms with Crippen molar-refractivity contribution in [3.8, 4) is 0 Å². The molecule has 5 heteroatoms. The number of ether oxygens (including phenoxy) is 1. The molecule has 0 aliphatic rings. The van der Waals surface area contributed by atoms with E-state index in [1.807, 2.05) is 0 Å². The zero-order chi connectivity index (χ0) is 12.3. The average molecular weight is 241 g/mol. The fraction of sp³-hybridized carbons (Fsp3) is 0.455. The first-order chi connectivity index (χ1) is 7.31. The third-order valence-corrected chi connectivity index (χ3v) is 2.53. The standard InChI is InChI=1S/C11H15NO3S/c1-11(2,3)15-10(13)8-6-5-7-12-9(8)16(4)14/h5-7H,1-4H3. The van der Waals surface area contributed by atoms with E-state index in [0.29, 0.717) is 0 Å². The Morgan fingerprint density at radius 1 is 1.44 bits per heavy atom. The number of carbonyl (C=O) groups is 1. The molecule has 0 saturated carbocycles. The largest absolute Gasteiger partial charge is 0.456 e. The van der Waals surface area contributed by atoms with Gasteiger partial charge in [-0.15, -0.1) is 0 Å². The van der Waals surface area contributed by atoms with E-state index in [1.165, 1.54) is 12.5 Å². The fourth-order valence-electron chi connectivity index (χ4n) is 1.11. The predicted molar refractivity (Wildman–Crippen MR) is 61.7 cm³/mol. The third kappa shape index (κ3) is 3.41. The van der Waals surface area contributed by atoms with Crippen LogP contribution in [-0.4, -0.2) is 27.0 Å². The van der Waals surface area contributed by atoms with Crippen molar-refractivity contribution in [1.29, 1.82) is 0 Å². The summed E-state index contributed by atoms with van der Waals surface area (Å²) < 4.78 is 16.6. The van der Waals surface area contributed by atoms with E-state index in [4.69, 9.17) is 4.74 Å². The molecule has 4 nitrogen and oxygen atoms in total. The van der Waals surface area contributed by atoms with Crippen LogP contribution in [0.5, 0.6) is 0 Å². The molecule has 0 saturated heterocycles. The molecule has 1 atom stereocenters. The fourth-order valence-corrected chi connectivity index (χ4v) is 1.78. The Hall–Kier alpha value is -1.23. The van der Waals surface area contributed by atoms with Gasteiger partial charge in [0.25, 0.3) is 0 Å². The van der Waals surface area contributed by atoms with Crippen molar-refractivity contribution < 1.29 is 13.7 Å². The monoisotopic (exact) mass is 241 g/mol. The van der Waals surface area contributed by atoms with Gasteiger partial charge in [0.05, 0.1) is 16.4 Å². The number of hydrogen-bond acceptors (Lipinski definition) is 4. The van der Waals surface area contributed by atoms with Gasteiger partial charge < -0.3 is 4.74 Å². The highest BCUT2D eigenvalue weighted by Gasteiger charge is 2.21. The first-order valence-corrected chi connectivity index (χ1v) is 6.39. The normalized spacial score (nSPS) is 13.2. The van der Waals surface area contributed by atoms with Crippen LogP contribution in [0.4, 0.5) is 0 Å². The molecule has 0 bridgehead atoms. The van der Waals surface area contributed by atoms with E-state index in [9.17, 15) is 9.00 Å². The molecule has 1 aromatic rings. The number of pyridine rings is 1. The zero-order valence-electron chi connectivity index (χ0n) is 9.81. The molecule has 1 heterocycles. The summed E-state index contributed by atoms with van der Waals surface area (Å²) in [6.45, 7) is 5.34. The van der Waals surface area contributed by atoms with Gasteiger partial charge in [0.2, 0.25) is 0 Å². The Morgan fingerprint density at radius 3 is 2.56 bits per heavy atom. The molecule has 0 amide bonds. The molecule has 0 spiro atoms. The number of esters is 1. The summed E-state index contributed by atoms with van der Waals surface area (Å²) in [6.07, 6.45) is 2.99. The molecule has 0 N–H and O–H groups in total. The highest BCUT2D eigenvalue weighted by atomic mass is 32.2. The van der Waals surface area contributed by atoms with E-state index in [-0.39, 0.29) is 10.6 Å². The van der Waals surface area contributed by atoms with Gasteiger partial charge in [-0.1, -0.05) is 0 Å². The Bertz CT molecular complexity index is 423. The second-order valence-electron chi connectivity index (χ2n) is 4.31. The van der Waals surface area contributed by atoms with Crippen molar-refractivity contribution in [2.24, 2.45) is 0 Å². The van der Waals surface area contributed by atoms with Crippen molar-refractivity contribution in [2.75, 3.05) is 6.26 Å². The summed E-state index contributed by atoms with van der Waals surface area (Å²) in [5, 5.41) is 0.261. The third-order valence-electron chi connectivity index (χ3n) is 1.66. The topological polar surface area (TPSA) is 56.3 Å². The predicted octanol–water partition coefficient (Wildman–Crippen LogP) is 1.77. The summed E-state index contributed by atoms with van der Waals surface area (Å²) >= 11 is 0. The average Bonchev–Trinajstić information content (AvgIpc) is 2.15. The maximum atomic E-state index is 11.8. The van der Waals surface area contributed by atoms with E-state index in [2.05, 4.69) is 4.98 Å². The van der Waals surface area contributed by atoms with Crippen molar-refractivity contribution in [1.82, 2.24) is 4.98 Å². The summed E-state index contributed by atoms with van der Waals surface area (Å²) in [5.74, 6) is -0.495. The highest BCUT2D eigenvalue weighted by molar-refractivity contribution is 7.84. The van der Waals surface area contributed by atoms with Gasteiger partial charge in [-0.2, -0.15) is 0 Å². The molecule has 0 aromatic carbocycles. The maximum Gasteiger partial charge on any atom is 0.341 e. The Balaban J connectivity index is 3.04. The number of nitrogens with zero attached hydrogens (tertiary/aromatic N) is 1. The molecule has 0 fully saturated rings. The lowest BCUT2D eigenvalue weighted by molar-refractivity contribution is 0.00645. The summed E-state index contributed by atoms with van der Waals surface area (Å²) in [5.41, 5.74) is -0.308. The summed E-state index contributed by atoms with van der Waals surface area (Å²) in [7, 11) is -1.30. The van der Waals surface area contributed by atoms with Gasteiger partial charge in [-0.3, -0.25) is 4.21 Å². The second-order valence-corrected chi connectivity index (χ2v) is 5.61. The molecular formula is C11H15NO3S. The van der Waals surface area contributed by atoms with Crippen LogP contribution in [-0.2, 0) is 15.5 Å². The van der Waals surface area contributed by atoms with Crippen LogP contribution in [0.15, 0.2) is 23.4 Å². The molecule has 1 unspecified atom stereocenters. The number of aromatic nitrogens is 1. The lowest BCUT2D eigenvalue weighted by atomic mass is 10.2. The van der Waals surface area contributed by atoms with Crippen molar-refractivity contribution >= 4 is 16.8 Å². The molecule has 0 aliphatic carbocycles. The molecular weight excluding hydrogens is 226 g/mol. The minimum Gasteiger partial charge on any atom is -0.456 e. The van der Waals surface area contributed by atoms with E-state index in [1.54, 1.807) is 32.9 Å². The Morgan fingerprint density at radius 2 is 2.06 bits per heavy atom. The van der Waals surface area contributed by atoms with Crippen molar-refractivity contribution in [3.05, 3.63) is 23.9 Å². The smallest absolute Gasteiger partial charge is 0.341 e. The zero-order valence-corrected chi connectivity index (χ0v) is 10.6. The van der Waals surface area contributed by atoms with Crippen LogP contribution in [0.25, 0.3) is 0 Å². The molecule has 16 heavy (non-hydrogen) atoms. The van der Waals surface area contributed by atoms with Crippen LogP contribution in [0.3, 0.4) is 0 Å². The minimum absolute atomic E-state index is 0.261. The molecule has 0 aliphatic heterocycles. The second kappa shape index (κ2) is 4.74. The van der Waals surface area contributed by atoms with Crippen molar-refractivity contribution in [2.45, 2.75) is 31.4 Å². The molecule has 1 aromatic heterocycles. The number of rotatable bonds is 2. The summed E-state index contributed by atoms with van der Waals surface area (Å²) in [6, 6.07) is 3.19. The maximum absolute atomic E-state index is 11.8. The van der Waals surface area contributed by atoms with Gasteiger partial charge in [0, 0.05) is 12.5 Å². The van der Waals surface area contributed by atoms with Crippen LogP contribution >= 0.6 is 0 Å². The Labute approximate surface area is 97.5 Å². The van der Waals surface area contributed by atoms with Crippen LogP contribution in [0, 0.1) is 0 Å². The van der Waals surface area contributed by atoms with Gasteiger partial charge in [-0.05, 0) is 32.9 Å². The number of hydrogen-bond donors (Lipinski definition) is 0. The van der Waals surface area contributed by atoms with Crippen LogP contribution < -0.4 is 0 Å². The van der Waals surface area contributed by atoms with Crippen LogP contribution in [0.2, 0.25) is 0 Å². The van der Waals surface area contributed by atoms with Gasteiger partial charge >= 0.3 is 5.97 Å². The molecule has 1 rings (SSSR count). The van der Waals surface area contributed by atoms with Crippen LogP contribution in [0.1, 0.15) is 31.1 Å². The lowest BCUT2D eigenvalue weighted by Gasteiger charge is -2.19. The minimum atomic E-state index is -1.30.